The average Bonchev–Trinajstić information content (AvgIpc) is 3.25. The number of aliphatic hydroxyl groups is 3. The fourth-order valence-corrected chi connectivity index (χ4v) is 8.78. The molecule has 3 N–H and O–H groups in total. The predicted octanol–water partition coefficient (Wildman–Crippen LogP) is 10.9. The van der Waals surface area contributed by atoms with Crippen molar-refractivity contribution in [3.05, 3.63) is 24.3 Å². The van der Waals surface area contributed by atoms with Crippen molar-refractivity contribution in [1.82, 2.24) is 0 Å². The minimum atomic E-state index is -4.70. The molecule has 1 saturated heterocycles. The van der Waals surface area contributed by atoms with Crippen LogP contribution in [-0.2, 0) is 37.4 Å². The summed E-state index contributed by atoms with van der Waals surface area (Å²) in [4.78, 5) is 38.0. The molecule has 0 aromatic carbocycles. The van der Waals surface area contributed by atoms with Gasteiger partial charge in [-0.3, -0.25) is 14.2 Å². The molecule has 0 amide bonds. The van der Waals surface area contributed by atoms with Crippen LogP contribution in [0.5, 0.6) is 0 Å². The van der Waals surface area contributed by atoms with E-state index < -0.39 is 57.1 Å². The molecule has 0 aromatic heterocycles. The third-order valence-electron chi connectivity index (χ3n) is 12.3. The fraction of sp³-hybridized carbons (Fsp3) is 0.885. The fourth-order valence-electron chi connectivity index (χ4n) is 8.05. The lowest BCUT2D eigenvalue weighted by Gasteiger charge is -2.36. The molecule has 388 valence electrons. The highest BCUT2D eigenvalue weighted by molar-refractivity contribution is 7.45. The molecule has 1 rings (SSSR count). The Labute approximate surface area is 402 Å². The Hall–Kier alpha value is -1.67. The van der Waals surface area contributed by atoms with Gasteiger partial charge in [0.05, 0.1) is 46.1 Å². The van der Waals surface area contributed by atoms with Crippen LogP contribution in [-0.4, -0.2) is 110 Å². The zero-order valence-electron chi connectivity index (χ0n) is 42.4. The van der Waals surface area contributed by atoms with Gasteiger partial charge in [0.1, 0.15) is 19.8 Å². The van der Waals surface area contributed by atoms with Crippen molar-refractivity contribution in [3.63, 3.8) is 0 Å². The summed E-state index contributed by atoms with van der Waals surface area (Å²) < 4.78 is 39.7. The number of likely N-dealkylation sites (N-methyl/N-ethyl adjacent to an activating group) is 1. The van der Waals surface area contributed by atoms with Crippen LogP contribution in [0.2, 0.25) is 0 Å². The second kappa shape index (κ2) is 40.1. The van der Waals surface area contributed by atoms with Gasteiger partial charge in [0.2, 0.25) is 0 Å². The minimum Gasteiger partial charge on any atom is -0.756 e. The molecule has 0 saturated carbocycles. The summed E-state index contributed by atoms with van der Waals surface area (Å²) in [6.45, 7) is 3.85. The molecule has 1 aliphatic rings. The first-order valence-corrected chi connectivity index (χ1v) is 27.9. The number of esters is 2. The number of allylic oxidation sites excluding steroid dienone is 2. The van der Waals surface area contributed by atoms with Gasteiger partial charge >= 0.3 is 11.9 Å². The van der Waals surface area contributed by atoms with Crippen molar-refractivity contribution in [2.24, 2.45) is 5.92 Å². The van der Waals surface area contributed by atoms with Crippen molar-refractivity contribution >= 4 is 19.8 Å². The summed E-state index contributed by atoms with van der Waals surface area (Å²) in [5, 5.41) is 31.1. The number of ether oxygens (including phenoxy) is 3. The Kier molecular flexibility index (Phi) is 37.9. The molecule has 0 spiro atoms. The molecular formula is C52H98NO12P. The van der Waals surface area contributed by atoms with Crippen molar-refractivity contribution in [3.8, 4) is 0 Å². The maximum atomic E-state index is 12.8. The quantitative estimate of drug-likeness (QED) is 0.0173. The number of aliphatic hydroxyl groups excluding tert-OH is 3. The number of carbonyl (C=O) groups excluding carboxylic acids is 2. The summed E-state index contributed by atoms with van der Waals surface area (Å²) in [6, 6.07) is 0. The molecule has 1 heterocycles. The zero-order valence-corrected chi connectivity index (χ0v) is 43.3. The number of hydrogen-bond acceptors (Lipinski definition) is 12. The lowest BCUT2D eigenvalue weighted by molar-refractivity contribution is -0.870. The summed E-state index contributed by atoms with van der Waals surface area (Å²) in [7, 11) is 1.03. The second-order valence-corrected chi connectivity index (χ2v) is 21.2. The van der Waals surface area contributed by atoms with Gasteiger partial charge in [-0.05, 0) is 32.1 Å². The Morgan fingerprint density at radius 1 is 0.712 bits per heavy atom. The molecule has 0 aliphatic carbocycles. The van der Waals surface area contributed by atoms with E-state index in [1.807, 2.05) is 33.3 Å². The number of hydrogen-bond donors (Lipinski definition) is 3. The largest absolute Gasteiger partial charge is 0.756 e. The van der Waals surface area contributed by atoms with E-state index in [1.165, 1.54) is 109 Å². The maximum absolute atomic E-state index is 12.8. The van der Waals surface area contributed by atoms with Gasteiger partial charge in [0.15, 0.2) is 12.4 Å². The molecule has 0 bridgehead atoms. The highest BCUT2D eigenvalue weighted by Gasteiger charge is 2.35. The molecule has 1 fully saturated rings. The highest BCUT2D eigenvalue weighted by atomic mass is 31.2. The number of phosphoric acid groups is 1. The van der Waals surface area contributed by atoms with Crippen molar-refractivity contribution < 1.29 is 62.1 Å². The van der Waals surface area contributed by atoms with Gasteiger partial charge in [-0.1, -0.05) is 186 Å². The molecule has 66 heavy (non-hydrogen) atoms. The Bertz CT molecular complexity index is 1290. The molecule has 7 atom stereocenters. The van der Waals surface area contributed by atoms with E-state index in [4.69, 9.17) is 23.3 Å². The Morgan fingerprint density at radius 2 is 1.23 bits per heavy atom. The molecule has 0 radical (unpaired) electrons. The van der Waals surface area contributed by atoms with E-state index in [-0.39, 0.29) is 38.4 Å². The molecule has 0 aromatic rings. The first-order chi connectivity index (χ1) is 31.7. The Morgan fingerprint density at radius 3 is 1.77 bits per heavy atom. The zero-order chi connectivity index (χ0) is 48.7. The van der Waals surface area contributed by atoms with Crippen molar-refractivity contribution in [1.29, 1.82) is 0 Å². The van der Waals surface area contributed by atoms with E-state index >= 15 is 0 Å². The number of quaternary nitrogens is 1. The molecule has 2 unspecified atom stereocenters. The van der Waals surface area contributed by atoms with Crippen molar-refractivity contribution in [2.45, 2.75) is 244 Å². The highest BCUT2D eigenvalue weighted by Crippen LogP contribution is 2.38. The third-order valence-corrected chi connectivity index (χ3v) is 13.2. The van der Waals surface area contributed by atoms with Gasteiger partial charge in [-0.2, -0.15) is 0 Å². The van der Waals surface area contributed by atoms with E-state index in [0.717, 1.165) is 38.5 Å². The molecule has 1 aliphatic heterocycles. The number of rotatable bonds is 44. The summed E-state index contributed by atoms with van der Waals surface area (Å²) in [5.41, 5.74) is 0. The van der Waals surface area contributed by atoms with E-state index in [2.05, 4.69) is 13.8 Å². The topological polar surface area (TPSA) is 181 Å². The number of unbranched alkanes of at least 4 members (excludes halogenated alkanes) is 23. The van der Waals surface area contributed by atoms with E-state index in [9.17, 15) is 34.4 Å². The van der Waals surface area contributed by atoms with Crippen LogP contribution >= 0.6 is 7.82 Å². The van der Waals surface area contributed by atoms with Crippen LogP contribution in [0.4, 0.5) is 0 Å². The normalized spacial score (nSPS) is 19.9. The number of nitrogens with zero attached hydrogens (tertiary/aromatic N) is 1. The lowest BCUT2D eigenvalue weighted by atomic mass is 9.87. The average molecular weight is 960 g/mol. The van der Waals surface area contributed by atoms with Crippen LogP contribution in [0, 0.1) is 5.92 Å². The van der Waals surface area contributed by atoms with Gasteiger partial charge in [-0.25, -0.2) is 0 Å². The summed E-state index contributed by atoms with van der Waals surface area (Å²) in [5.74, 6) is -1.33. The summed E-state index contributed by atoms with van der Waals surface area (Å²) in [6.07, 6.45) is 35.4. The third kappa shape index (κ3) is 37.3. The second-order valence-electron chi connectivity index (χ2n) is 19.8. The smallest absolute Gasteiger partial charge is 0.306 e. The molecule has 13 nitrogen and oxygen atoms in total. The molecule has 14 heteroatoms. The van der Waals surface area contributed by atoms with Gasteiger partial charge in [-0.15, -0.1) is 0 Å². The standard InChI is InChI=1S/C52H98NO12P/c1-6-8-10-11-12-13-14-15-16-17-18-19-20-21-22-23-24-25-26-27-33-37-51(57)64-46(44-63-66(59,60)62-41-40-53(3,4)5)43-61-50(56)36-32-29-28-31-35-47-48(55)42-52(58)65-49(47)39-38-45(54)34-30-9-7-2/h28,31,38-39,45-49,52,54-55,58H,6-27,29-30,32-37,40-44H2,1-5H3/b31-28-,39-38+/t45-,46+,47-,48-,49+,52?/m0/s1. The number of phosphoric ester groups is 1. The predicted molar refractivity (Wildman–Crippen MR) is 262 cm³/mol. The van der Waals surface area contributed by atoms with Crippen LogP contribution in [0.3, 0.4) is 0 Å². The van der Waals surface area contributed by atoms with Gasteiger partial charge < -0.3 is 48.0 Å². The monoisotopic (exact) mass is 960 g/mol. The Balaban J connectivity index is 2.40. The van der Waals surface area contributed by atoms with Crippen LogP contribution < -0.4 is 4.89 Å². The first-order valence-electron chi connectivity index (χ1n) is 26.4. The first kappa shape index (κ1) is 62.3. The minimum absolute atomic E-state index is 0.0727. The van der Waals surface area contributed by atoms with Crippen molar-refractivity contribution in [2.75, 3.05) is 47.5 Å². The molecular weight excluding hydrogens is 862 g/mol. The maximum Gasteiger partial charge on any atom is 0.306 e. The SMILES string of the molecule is CCCCCCCCCCCCCCCCCCCCCCCC(=O)O[C@H](COC(=O)CCC/C=C\C[C@H]1[C@@H](O)CC(O)O[C@@H]1/C=C/[C@@H](O)CCCCC)COP(=O)([O-])OCC[N+](C)(C)C. The number of carbonyl (C=O) groups is 2. The van der Waals surface area contributed by atoms with E-state index in [1.54, 1.807) is 12.2 Å². The van der Waals surface area contributed by atoms with E-state index in [0.29, 0.717) is 43.1 Å². The lowest BCUT2D eigenvalue weighted by Crippen LogP contribution is -2.43. The van der Waals surface area contributed by atoms with Gasteiger partial charge in [0.25, 0.3) is 7.82 Å². The van der Waals surface area contributed by atoms with Crippen LogP contribution in [0.25, 0.3) is 0 Å². The van der Waals surface area contributed by atoms with Crippen LogP contribution in [0.1, 0.15) is 213 Å². The van der Waals surface area contributed by atoms with Crippen LogP contribution in [0.15, 0.2) is 24.3 Å². The summed E-state index contributed by atoms with van der Waals surface area (Å²) >= 11 is 0. The van der Waals surface area contributed by atoms with Gasteiger partial charge in [0, 0.05) is 25.2 Å².